The Kier molecular flexibility index (Phi) is 6.36. The summed E-state index contributed by atoms with van der Waals surface area (Å²) in [4.78, 5) is 12.6. The Balaban J connectivity index is 1.73. The molecule has 1 aromatic heterocycles. The summed E-state index contributed by atoms with van der Waals surface area (Å²) >= 11 is 7.43. The van der Waals surface area contributed by atoms with Gasteiger partial charge in [-0.2, -0.15) is 4.68 Å². The van der Waals surface area contributed by atoms with Crippen LogP contribution in [0.1, 0.15) is 37.8 Å². The minimum atomic E-state index is -0.391. The summed E-state index contributed by atoms with van der Waals surface area (Å²) in [7, 11) is 0. The van der Waals surface area contributed by atoms with Crippen molar-refractivity contribution in [3.63, 3.8) is 0 Å². The average Bonchev–Trinajstić information content (AvgIpc) is 3.13. The molecule has 8 heteroatoms. The molecule has 1 N–H and O–H groups in total. The maximum atomic E-state index is 12.6. The molecule has 0 spiro atoms. The quantitative estimate of drug-likeness (QED) is 0.581. The van der Waals surface area contributed by atoms with Crippen LogP contribution in [0.2, 0.25) is 5.02 Å². The van der Waals surface area contributed by atoms with Crippen molar-refractivity contribution in [1.29, 1.82) is 0 Å². The van der Waals surface area contributed by atoms with E-state index in [-0.39, 0.29) is 5.91 Å². The second kappa shape index (κ2) is 8.75. The number of carbonyl (C=O) groups excluding carboxylic acids is 1. The molecule has 1 amide bonds. The first-order valence-corrected chi connectivity index (χ1v) is 10.2. The first-order chi connectivity index (χ1) is 13.4. The maximum absolute atomic E-state index is 12.6. The van der Waals surface area contributed by atoms with Gasteiger partial charge in [-0.1, -0.05) is 55.4 Å². The highest BCUT2D eigenvalue weighted by Crippen LogP contribution is 2.27. The van der Waals surface area contributed by atoms with E-state index in [1.54, 1.807) is 10.7 Å². The van der Waals surface area contributed by atoms with Crippen LogP contribution >= 0.6 is 23.4 Å². The molecule has 0 aliphatic rings. The van der Waals surface area contributed by atoms with Gasteiger partial charge in [0.1, 0.15) is 0 Å². The molecular formula is C20H22ClN5OS. The Labute approximate surface area is 173 Å². The number of carbonyl (C=O) groups is 1. The van der Waals surface area contributed by atoms with Crippen LogP contribution in [0.3, 0.4) is 0 Å². The number of thioether (sulfide) groups is 1. The van der Waals surface area contributed by atoms with Gasteiger partial charge in [0.25, 0.3) is 0 Å². The molecule has 6 nitrogen and oxygen atoms in total. The Bertz CT molecular complexity index is 971. The fourth-order valence-electron chi connectivity index (χ4n) is 2.60. The number of nitrogens with zero attached hydrogens (tertiary/aromatic N) is 4. The number of rotatable bonds is 6. The van der Waals surface area contributed by atoms with Gasteiger partial charge in [0.05, 0.1) is 10.9 Å². The lowest BCUT2D eigenvalue weighted by molar-refractivity contribution is -0.115. The molecule has 0 radical (unpaired) electrons. The van der Waals surface area contributed by atoms with E-state index in [1.165, 1.54) is 17.3 Å². The lowest BCUT2D eigenvalue weighted by Gasteiger charge is -2.14. The Hall–Kier alpha value is -2.38. The van der Waals surface area contributed by atoms with E-state index in [2.05, 4.69) is 46.8 Å². The van der Waals surface area contributed by atoms with Gasteiger partial charge in [0.2, 0.25) is 11.1 Å². The molecular weight excluding hydrogens is 394 g/mol. The van der Waals surface area contributed by atoms with Crippen LogP contribution in [0.4, 0.5) is 5.69 Å². The number of hydrogen-bond donors (Lipinski definition) is 1. The third-order valence-electron chi connectivity index (χ3n) is 4.42. The van der Waals surface area contributed by atoms with Crippen molar-refractivity contribution in [2.45, 2.75) is 44.0 Å². The van der Waals surface area contributed by atoms with Gasteiger partial charge in [0.15, 0.2) is 0 Å². The number of amides is 1. The zero-order valence-corrected chi connectivity index (χ0v) is 17.8. The van der Waals surface area contributed by atoms with Crippen LogP contribution < -0.4 is 5.32 Å². The monoisotopic (exact) mass is 415 g/mol. The smallest absolute Gasteiger partial charge is 0.237 e. The molecule has 3 rings (SSSR count). The van der Waals surface area contributed by atoms with Crippen molar-refractivity contribution < 1.29 is 4.79 Å². The number of tetrazole rings is 1. The molecule has 0 aliphatic carbocycles. The van der Waals surface area contributed by atoms with Crippen LogP contribution in [0.15, 0.2) is 47.6 Å². The Morgan fingerprint density at radius 3 is 2.54 bits per heavy atom. The highest BCUT2D eigenvalue weighted by molar-refractivity contribution is 8.00. The molecule has 0 bridgehead atoms. The summed E-state index contributed by atoms with van der Waals surface area (Å²) in [6.45, 7) is 7.99. The Morgan fingerprint density at radius 2 is 1.86 bits per heavy atom. The van der Waals surface area contributed by atoms with Crippen molar-refractivity contribution in [3.05, 3.63) is 58.6 Å². The lowest BCUT2D eigenvalue weighted by atomic mass is 10.0. The standard InChI is InChI=1S/C20H22ClN5OS/c1-12(2)15-8-10-16(11-9-15)26-20(23-24-25-26)28-14(4)19(27)22-18-7-5-6-17(21)13(18)3/h5-12,14H,1-4H3,(H,22,27)/t14-/m0/s1. The van der Waals surface area contributed by atoms with E-state index in [4.69, 9.17) is 11.6 Å². The third-order valence-corrected chi connectivity index (χ3v) is 5.86. The number of benzene rings is 2. The van der Waals surface area contributed by atoms with E-state index in [1.807, 2.05) is 38.1 Å². The largest absolute Gasteiger partial charge is 0.325 e. The number of hydrogen-bond acceptors (Lipinski definition) is 5. The van der Waals surface area contributed by atoms with Crippen molar-refractivity contribution >= 4 is 35.0 Å². The molecule has 146 valence electrons. The van der Waals surface area contributed by atoms with Gasteiger partial charge >= 0.3 is 0 Å². The van der Waals surface area contributed by atoms with Crippen LogP contribution in [0.25, 0.3) is 5.69 Å². The minimum absolute atomic E-state index is 0.139. The predicted octanol–water partition coefficient (Wildman–Crippen LogP) is 4.87. The Morgan fingerprint density at radius 1 is 1.14 bits per heavy atom. The zero-order valence-electron chi connectivity index (χ0n) is 16.2. The first kappa shape index (κ1) is 20.4. The van der Waals surface area contributed by atoms with Gasteiger partial charge in [-0.05, 0) is 65.6 Å². The predicted molar refractivity (Wildman–Crippen MR) is 113 cm³/mol. The van der Waals surface area contributed by atoms with Crippen molar-refractivity contribution in [2.75, 3.05) is 5.32 Å². The summed E-state index contributed by atoms with van der Waals surface area (Å²) in [6, 6.07) is 13.5. The van der Waals surface area contributed by atoms with Crippen LogP contribution in [-0.4, -0.2) is 31.4 Å². The average molecular weight is 416 g/mol. The normalized spacial score (nSPS) is 12.2. The molecule has 0 fully saturated rings. The number of nitrogens with one attached hydrogen (secondary N) is 1. The summed E-state index contributed by atoms with van der Waals surface area (Å²) in [5.41, 5.74) is 3.64. The fraction of sp³-hybridized carbons (Fsp3) is 0.300. The van der Waals surface area contributed by atoms with E-state index < -0.39 is 5.25 Å². The van der Waals surface area contributed by atoms with Gasteiger partial charge in [-0.25, -0.2) is 0 Å². The van der Waals surface area contributed by atoms with E-state index in [0.717, 1.165) is 11.3 Å². The zero-order chi connectivity index (χ0) is 20.3. The van der Waals surface area contributed by atoms with Gasteiger partial charge < -0.3 is 5.32 Å². The second-order valence-corrected chi connectivity index (χ2v) is 8.50. The number of anilines is 1. The molecule has 1 heterocycles. The fourth-order valence-corrected chi connectivity index (χ4v) is 3.59. The number of halogens is 1. The highest BCUT2D eigenvalue weighted by Gasteiger charge is 2.20. The molecule has 0 saturated carbocycles. The summed E-state index contributed by atoms with van der Waals surface area (Å²) in [5.74, 6) is 0.315. The highest BCUT2D eigenvalue weighted by atomic mass is 35.5. The van der Waals surface area contributed by atoms with Gasteiger partial charge in [-0.3, -0.25) is 4.79 Å². The summed E-state index contributed by atoms with van der Waals surface area (Å²) in [5, 5.41) is 15.6. The van der Waals surface area contributed by atoms with Gasteiger partial charge in [-0.15, -0.1) is 5.10 Å². The molecule has 0 unspecified atom stereocenters. The minimum Gasteiger partial charge on any atom is -0.325 e. The number of aromatic nitrogens is 4. The SMILES string of the molecule is Cc1c(Cl)cccc1NC(=O)[C@H](C)Sc1nnnn1-c1ccc(C(C)C)cc1. The summed E-state index contributed by atoms with van der Waals surface area (Å²) < 4.78 is 1.64. The van der Waals surface area contributed by atoms with Crippen molar-refractivity contribution in [3.8, 4) is 5.69 Å². The van der Waals surface area contributed by atoms with Crippen LogP contribution in [0.5, 0.6) is 0 Å². The third kappa shape index (κ3) is 4.54. The van der Waals surface area contributed by atoms with Crippen LogP contribution in [-0.2, 0) is 4.79 Å². The second-order valence-electron chi connectivity index (χ2n) is 6.78. The maximum Gasteiger partial charge on any atom is 0.237 e. The van der Waals surface area contributed by atoms with Crippen LogP contribution in [0, 0.1) is 6.92 Å². The van der Waals surface area contributed by atoms with E-state index in [0.29, 0.717) is 21.8 Å². The first-order valence-electron chi connectivity index (χ1n) is 8.98. The molecule has 0 saturated heterocycles. The lowest BCUT2D eigenvalue weighted by Crippen LogP contribution is -2.23. The van der Waals surface area contributed by atoms with E-state index >= 15 is 0 Å². The molecule has 28 heavy (non-hydrogen) atoms. The molecule has 3 aromatic rings. The summed E-state index contributed by atoms with van der Waals surface area (Å²) in [6.07, 6.45) is 0. The van der Waals surface area contributed by atoms with E-state index in [9.17, 15) is 4.79 Å². The molecule has 1 atom stereocenters. The molecule has 2 aromatic carbocycles. The van der Waals surface area contributed by atoms with Crippen molar-refractivity contribution in [1.82, 2.24) is 20.2 Å². The molecule has 0 aliphatic heterocycles. The van der Waals surface area contributed by atoms with Gasteiger partial charge in [0, 0.05) is 10.7 Å². The topological polar surface area (TPSA) is 72.7 Å². The van der Waals surface area contributed by atoms with Crippen molar-refractivity contribution in [2.24, 2.45) is 0 Å².